The first-order valence-corrected chi connectivity index (χ1v) is 7.06. The Labute approximate surface area is 115 Å². The maximum atomic E-state index is 5.87. The molecular weight excluding hydrogens is 296 g/mol. The Morgan fingerprint density at radius 1 is 1.44 bits per heavy atom. The second kappa shape index (κ2) is 5.56. The smallest absolute Gasteiger partial charge is 0.222 e. The number of nitrogens with zero attached hydrogens (tertiary/aromatic N) is 4. The molecule has 2 aromatic heterocycles. The number of aryl methyl sites for hydroxylation is 3. The third-order valence-corrected chi connectivity index (χ3v) is 3.26. The van der Waals surface area contributed by atoms with E-state index in [1.165, 1.54) is 0 Å². The minimum Gasteiger partial charge on any atom is -0.436 e. The molecule has 2 heterocycles. The molecule has 0 spiro atoms. The molecule has 0 amide bonds. The van der Waals surface area contributed by atoms with Crippen molar-refractivity contribution in [3.05, 3.63) is 23.7 Å². The van der Waals surface area contributed by atoms with Crippen LogP contribution in [-0.2, 0) is 18.9 Å². The van der Waals surface area contributed by atoms with Crippen molar-refractivity contribution in [3.8, 4) is 11.6 Å². The standard InChI is InChI=1S/C12H17BrN4O/c1-4-5-17-8-10(7-14-17)18-12-11(6-13)9(2)15-16(12)3/h7-8H,4-6H2,1-3H3. The molecule has 2 rings (SSSR count). The third kappa shape index (κ3) is 2.58. The van der Waals surface area contributed by atoms with Crippen molar-refractivity contribution < 1.29 is 4.74 Å². The first-order chi connectivity index (χ1) is 8.65. The van der Waals surface area contributed by atoms with Crippen LogP contribution in [0.5, 0.6) is 11.6 Å². The van der Waals surface area contributed by atoms with Crippen molar-refractivity contribution in [2.75, 3.05) is 0 Å². The number of hydrogen-bond acceptors (Lipinski definition) is 3. The highest BCUT2D eigenvalue weighted by Crippen LogP contribution is 2.28. The summed E-state index contributed by atoms with van der Waals surface area (Å²) in [6.45, 7) is 5.00. The number of hydrogen-bond donors (Lipinski definition) is 0. The second-order valence-corrected chi connectivity index (χ2v) is 4.73. The molecule has 5 nitrogen and oxygen atoms in total. The van der Waals surface area contributed by atoms with Gasteiger partial charge in [0.25, 0.3) is 0 Å². The molecule has 0 radical (unpaired) electrons. The summed E-state index contributed by atoms with van der Waals surface area (Å²) < 4.78 is 9.50. The highest BCUT2D eigenvalue weighted by molar-refractivity contribution is 9.08. The molecule has 0 saturated heterocycles. The Morgan fingerprint density at radius 2 is 2.22 bits per heavy atom. The minimum absolute atomic E-state index is 0.727. The zero-order valence-corrected chi connectivity index (χ0v) is 12.4. The quantitative estimate of drug-likeness (QED) is 0.797. The van der Waals surface area contributed by atoms with E-state index >= 15 is 0 Å². The Hall–Kier alpha value is -1.30. The van der Waals surface area contributed by atoms with Gasteiger partial charge in [-0.15, -0.1) is 0 Å². The topological polar surface area (TPSA) is 44.9 Å². The summed E-state index contributed by atoms with van der Waals surface area (Å²) in [5.74, 6) is 1.51. The normalized spacial score (nSPS) is 10.9. The molecule has 0 saturated carbocycles. The number of ether oxygens (including phenoxy) is 1. The fourth-order valence-electron chi connectivity index (χ4n) is 1.82. The lowest BCUT2D eigenvalue weighted by atomic mass is 10.3. The number of rotatable bonds is 5. The van der Waals surface area contributed by atoms with Crippen LogP contribution in [0.4, 0.5) is 0 Å². The molecule has 0 aliphatic rings. The summed E-state index contributed by atoms with van der Waals surface area (Å²) in [4.78, 5) is 0. The van der Waals surface area contributed by atoms with Crippen LogP contribution >= 0.6 is 15.9 Å². The molecule has 0 N–H and O–H groups in total. The van der Waals surface area contributed by atoms with Gasteiger partial charge < -0.3 is 4.74 Å². The SMILES string of the molecule is CCCn1cc(Oc2c(CBr)c(C)nn2C)cn1. The van der Waals surface area contributed by atoms with Crippen molar-refractivity contribution in [1.29, 1.82) is 0 Å². The summed E-state index contributed by atoms with van der Waals surface area (Å²) in [5.41, 5.74) is 2.05. The van der Waals surface area contributed by atoms with E-state index in [9.17, 15) is 0 Å². The van der Waals surface area contributed by atoms with E-state index in [4.69, 9.17) is 4.74 Å². The van der Waals surface area contributed by atoms with Crippen LogP contribution in [0.2, 0.25) is 0 Å². The van der Waals surface area contributed by atoms with Crippen LogP contribution in [0.15, 0.2) is 12.4 Å². The molecule has 18 heavy (non-hydrogen) atoms. The predicted molar refractivity (Wildman–Crippen MR) is 73.2 cm³/mol. The zero-order chi connectivity index (χ0) is 13.1. The van der Waals surface area contributed by atoms with Crippen LogP contribution in [-0.4, -0.2) is 19.6 Å². The van der Waals surface area contributed by atoms with Crippen LogP contribution in [0.25, 0.3) is 0 Å². The summed E-state index contributed by atoms with van der Waals surface area (Å²) in [5, 5.41) is 9.33. The van der Waals surface area contributed by atoms with Crippen LogP contribution < -0.4 is 4.74 Å². The first-order valence-electron chi connectivity index (χ1n) is 5.94. The summed E-state index contributed by atoms with van der Waals surface area (Å²) in [6, 6.07) is 0. The van der Waals surface area contributed by atoms with Crippen molar-refractivity contribution >= 4 is 15.9 Å². The van der Waals surface area contributed by atoms with Gasteiger partial charge in [-0.25, -0.2) is 4.68 Å². The Balaban J connectivity index is 2.22. The average Bonchev–Trinajstić information content (AvgIpc) is 2.86. The second-order valence-electron chi connectivity index (χ2n) is 4.17. The van der Waals surface area contributed by atoms with Crippen molar-refractivity contribution in [1.82, 2.24) is 19.6 Å². The van der Waals surface area contributed by atoms with Crippen LogP contribution in [0, 0.1) is 6.92 Å². The van der Waals surface area contributed by atoms with E-state index in [1.807, 2.05) is 24.9 Å². The lowest BCUT2D eigenvalue weighted by Crippen LogP contribution is -1.97. The summed E-state index contributed by atoms with van der Waals surface area (Å²) >= 11 is 3.46. The maximum Gasteiger partial charge on any atom is 0.222 e. The molecule has 0 unspecified atom stereocenters. The zero-order valence-electron chi connectivity index (χ0n) is 10.9. The van der Waals surface area contributed by atoms with Crippen LogP contribution in [0.3, 0.4) is 0 Å². The average molecular weight is 313 g/mol. The van der Waals surface area contributed by atoms with Crippen molar-refractivity contribution in [3.63, 3.8) is 0 Å². The monoisotopic (exact) mass is 312 g/mol. The third-order valence-electron chi connectivity index (χ3n) is 2.70. The first kappa shape index (κ1) is 13.1. The molecule has 6 heteroatoms. The number of aromatic nitrogens is 4. The van der Waals surface area contributed by atoms with E-state index < -0.39 is 0 Å². The molecule has 0 aliphatic heterocycles. The van der Waals surface area contributed by atoms with Gasteiger partial charge in [-0.05, 0) is 13.3 Å². The summed E-state index contributed by atoms with van der Waals surface area (Å²) in [6.07, 6.45) is 4.69. The van der Waals surface area contributed by atoms with Crippen molar-refractivity contribution in [2.45, 2.75) is 32.1 Å². The molecule has 0 fully saturated rings. The highest BCUT2D eigenvalue weighted by Gasteiger charge is 2.14. The van der Waals surface area contributed by atoms with Gasteiger partial charge in [-0.1, -0.05) is 22.9 Å². The van der Waals surface area contributed by atoms with Gasteiger partial charge in [-0.2, -0.15) is 10.2 Å². The van der Waals surface area contributed by atoms with Gasteiger partial charge in [-0.3, -0.25) is 4.68 Å². The van der Waals surface area contributed by atoms with Gasteiger partial charge in [0, 0.05) is 24.5 Å². The van der Waals surface area contributed by atoms with Gasteiger partial charge in [0.05, 0.1) is 18.1 Å². The van der Waals surface area contributed by atoms with Gasteiger partial charge >= 0.3 is 0 Å². The maximum absolute atomic E-state index is 5.87. The predicted octanol–water partition coefficient (Wildman–Crippen LogP) is 3.02. The molecular formula is C12H17BrN4O. The van der Waals surface area contributed by atoms with Gasteiger partial charge in [0.2, 0.25) is 5.88 Å². The molecule has 0 aromatic carbocycles. The van der Waals surface area contributed by atoms with E-state index in [0.717, 1.165) is 41.2 Å². The molecule has 0 atom stereocenters. The molecule has 0 bridgehead atoms. The molecule has 2 aromatic rings. The Bertz CT molecular complexity index is 532. The van der Waals surface area contributed by atoms with Crippen LogP contribution in [0.1, 0.15) is 24.6 Å². The lowest BCUT2D eigenvalue weighted by molar-refractivity contribution is 0.426. The largest absolute Gasteiger partial charge is 0.436 e. The Morgan fingerprint density at radius 3 is 2.89 bits per heavy atom. The number of halogens is 1. The van der Waals surface area contributed by atoms with E-state index in [1.54, 1.807) is 10.9 Å². The Kier molecular flexibility index (Phi) is 4.06. The van der Waals surface area contributed by atoms with E-state index in [0.29, 0.717) is 0 Å². The molecule has 98 valence electrons. The van der Waals surface area contributed by atoms with E-state index in [-0.39, 0.29) is 0 Å². The highest BCUT2D eigenvalue weighted by atomic mass is 79.9. The van der Waals surface area contributed by atoms with Gasteiger partial charge in [0.1, 0.15) is 0 Å². The summed E-state index contributed by atoms with van der Waals surface area (Å²) in [7, 11) is 1.88. The lowest BCUT2D eigenvalue weighted by Gasteiger charge is -2.04. The minimum atomic E-state index is 0.727. The molecule has 0 aliphatic carbocycles. The fourth-order valence-corrected chi connectivity index (χ4v) is 2.47. The van der Waals surface area contributed by atoms with Gasteiger partial charge in [0.15, 0.2) is 5.75 Å². The van der Waals surface area contributed by atoms with E-state index in [2.05, 4.69) is 33.1 Å². The number of alkyl halides is 1. The fraction of sp³-hybridized carbons (Fsp3) is 0.500. The van der Waals surface area contributed by atoms with Crippen molar-refractivity contribution in [2.24, 2.45) is 7.05 Å².